The lowest BCUT2D eigenvalue weighted by atomic mass is 9.91. The van der Waals surface area contributed by atoms with Crippen LogP contribution >= 0.6 is 0 Å². The standard InChI is InChI=1S/C21H18F6O3/c22-20(23,24)11-30-18-10-14(17(19(28)29)9-12-1-2-12)5-8-16(18)13-3-6-15(7-4-13)21(25,26)27/h3-8,10,12,17H,1-2,9,11H2,(H,28,29). The number of carboxylic acids is 1. The van der Waals surface area contributed by atoms with E-state index < -0.39 is 36.4 Å². The fourth-order valence-corrected chi connectivity index (χ4v) is 3.18. The maximum atomic E-state index is 12.8. The van der Waals surface area contributed by atoms with Crippen molar-refractivity contribution in [3.05, 3.63) is 53.6 Å². The van der Waals surface area contributed by atoms with Crippen molar-refractivity contribution in [3.63, 3.8) is 0 Å². The quantitative estimate of drug-likeness (QED) is 0.524. The molecule has 0 bridgehead atoms. The number of carboxylic acid groups (broad SMARTS) is 1. The van der Waals surface area contributed by atoms with Crippen LogP contribution in [0.4, 0.5) is 26.3 Å². The van der Waals surface area contributed by atoms with Gasteiger partial charge < -0.3 is 9.84 Å². The summed E-state index contributed by atoms with van der Waals surface area (Å²) < 4.78 is 81.3. The number of hydrogen-bond donors (Lipinski definition) is 1. The molecule has 162 valence electrons. The summed E-state index contributed by atoms with van der Waals surface area (Å²) in [5.41, 5.74) is -0.230. The number of carbonyl (C=O) groups is 1. The molecule has 0 saturated heterocycles. The van der Waals surface area contributed by atoms with Gasteiger partial charge >= 0.3 is 18.3 Å². The van der Waals surface area contributed by atoms with Crippen LogP contribution in [-0.2, 0) is 11.0 Å². The number of hydrogen-bond acceptors (Lipinski definition) is 2. The molecule has 1 aliphatic rings. The van der Waals surface area contributed by atoms with Gasteiger partial charge in [0.2, 0.25) is 0 Å². The molecule has 0 amide bonds. The number of aliphatic carboxylic acids is 1. The number of ether oxygens (including phenoxy) is 1. The van der Waals surface area contributed by atoms with E-state index in [1.165, 1.54) is 18.2 Å². The lowest BCUT2D eigenvalue weighted by Crippen LogP contribution is -2.20. The average molecular weight is 432 g/mol. The molecule has 0 aromatic heterocycles. The first-order valence-corrected chi connectivity index (χ1v) is 9.18. The van der Waals surface area contributed by atoms with Gasteiger partial charge in [0.05, 0.1) is 11.5 Å². The monoisotopic (exact) mass is 432 g/mol. The van der Waals surface area contributed by atoms with E-state index in [9.17, 15) is 36.2 Å². The predicted molar refractivity (Wildman–Crippen MR) is 96.1 cm³/mol. The Kier molecular flexibility index (Phi) is 6.01. The Balaban J connectivity index is 1.97. The Bertz CT molecular complexity index is 898. The molecule has 0 heterocycles. The molecule has 1 fully saturated rings. The van der Waals surface area contributed by atoms with Gasteiger partial charge in [-0.3, -0.25) is 4.79 Å². The summed E-state index contributed by atoms with van der Waals surface area (Å²) >= 11 is 0. The summed E-state index contributed by atoms with van der Waals surface area (Å²) in [6, 6.07) is 8.00. The highest BCUT2D eigenvalue weighted by Gasteiger charge is 2.33. The van der Waals surface area contributed by atoms with E-state index >= 15 is 0 Å². The zero-order valence-electron chi connectivity index (χ0n) is 15.6. The van der Waals surface area contributed by atoms with Crippen LogP contribution in [0.25, 0.3) is 11.1 Å². The van der Waals surface area contributed by atoms with Gasteiger partial charge in [-0.25, -0.2) is 0 Å². The number of halogens is 6. The minimum absolute atomic E-state index is 0.146. The van der Waals surface area contributed by atoms with Gasteiger partial charge in [-0.1, -0.05) is 37.1 Å². The Morgan fingerprint density at radius 1 is 1.03 bits per heavy atom. The Morgan fingerprint density at radius 3 is 2.17 bits per heavy atom. The van der Waals surface area contributed by atoms with Crippen molar-refractivity contribution in [2.45, 2.75) is 37.5 Å². The Morgan fingerprint density at radius 2 is 1.67 bits per heavy atom. The van der Waals surface area contributed by atoms with Crippen LogP contribution in [0.2, 0.25) is 0 Å². The van der Waals surface area contributed by atoms with Crippen LogP contribution in [0.3, 0.4) is 0 Å². The van der Waals surface area contributed by atoms with E-state index in [0.717, 1.165) is 37.1 Å². The van der Waals surface area contributed by atoms with E-state index in [2.05, 4.69) is 0 Å². The number of rotatable bonds is 7. The molecule has 9 heteroatoms. The maximum absolute atomic E-state index is 12.8. The summed E-state index contributed by atoms with van der Waals surface area (Å²) in [6.07, 6.45) is -6.99. The SMILES string of the molecule is O=C(O)C(CC1CC1)c1ccc(-c2ccc(C(F)(F)F)cc2)c(OCC(F)(F)F)c1. The van der Waals surface area contributed by atoms with Crippen molar-refractivity contribution in [1.29, 1.82) is 0 Å². The highest BCUT2D eigenvalue weighted by molar-refractivity contribution is 5.78. The van der Waals surface area contributed by atoms with Gasteiger partial charge in [0.15, 0.2) is 6.61 Å². The Labute approximate surface area is 168 Å². The summed E-state index contributed by atoms with van der Waals surface area (Å²) in [5, 5.41) is 9.52. The van der Waals surface area contributed by atoms with Gasteiger partial charge in [0, 0.05) is 5.56 Å². The number of benzene rings is 2. The van der Waals surface area contributed by atoms with Crippen molar-refractivity contribution in [3.8, 4) is 16.9 Å². The van der Waals surface area contributed by atoms with Gasteiger partial charge in [0.1, 0.15) is 5.75 Å². The second kappa shape index (κ2) is 8.20. The molecule has 1 atom stereocenters. The second-order valence-electron chi connectivity index (χ2n) is 7.30. The third-order valence-electron chi connectivity index (χ3n) is 4.89. The first kappa shape index (κ1) is 22.0. The zero-order valence-corrected chi connectivity index (χ0v) is 15.6. The smallest absolute Gasteiger partial charge is 0.422 e. The largest absolute Gasteiger partial charge is 0.483 e. The van der Waals surface area contributed by atoms with Crippen LogP contribution in [0.15, 0.2) is 42.5 Å². The van der Waals surface area contributed by atoms with E-state index in [1.54, 1.807) is 0 Å². The van der Waals surface area contributed by atoms with Crippen LogP contribution in [0.5, 0.6) is 5.75 Å². The van der Waals surface area contributed by atoms with Gasteiger partial charge in [-0.05, 0) is 41.7 Å². The van der Waals surface area contributed by atoms with E-state index in [4.69, 9.17) is 4.74 Å². The molecular formula is C21H18F6O3. The summed E-state index contributed by atoms with van der Waals surface area (Å²) in [7, 11) is 0. The van der Waals surface area contributed by atoms with Crippen molar-refractivity contribution in [1.82, 2.24) is 0 Å². The third kappa shape index (κ3) is 5.67. The van der Waals surface area contributed by atoms with Gasteiger partial charge in [-0.15, -0.1) is 0 Å². The van der Waals surface area contributed by atoms with E-state index in [-0.39, 0.29) is 22.8 Å². The minimum atomic E-state index is -4.63. The first-order valence-electron chi connectivity index (χ1n) is 9.18. The molecule has 1 unspecified atom stereocenters. The lowest BCUT2D eigenvalue weighted by Gasteiger charge is -2.18. The van der Waals surface area contributed by atoms with Crippen molar-refractivity contribution in [2.24, 2.45) is 5.92 Å². The molecule has 0 aliphatic heterocycles. The zero-order chi connectivity index (χ0) is 22.1. The predicted octanol–water partition coefficient (Wildman–Crippen LogP) is 6.28. The van der Waals surface area contributed by atoms with E-state index in [1.807, 2.05) is 0 Å². The second-order valence-corrected chi connectivity index (χ2v) is 7.30. The minimum Gasteiger partial charge on any atom is -0.483 e. The van der Waals surface area contributed by atoms with Crippen molar-refractivity contribution < 1.29 is 41.0 Å². The van der Waals surface area contributed by atoms with Crippen molar-refractivity contribution >= 4 is 5.97 Å². The fourth-order valence-electron chi connectivity index (χ4n) is 3.18. The molecule has 3 rings (SSSR count). The van der Waals surface area contributed by atoms with Gasteiger partial charge in [-0.2, -0.15) is 26.3 Å². The molecule has 0 radical (unpaired) electrons. The van der Waals surface area contributed by atoms with Crippen LogP contribution < -0.4 is 4.74 Å². The molecule has 1 N–H and O–H groups in total. The topological polar surface area (TPSA) is 46.5 Å². The third-order valence-corrected chi connectivity index (χ3v) is 4.89. The van der Waals surface area contributed by atoms with Crippen molar-refractivity contribution in [2.75, 3.05) is 6.61 Å². The summed E-state index contributed by atoms with van der Waals surface area (Å²) in [4.78, 5) is 11.7. The summed E-state index contributed by atoms with van der Waals surface area (Å²) in [6.45, 7) is -1.61. The summed E-state index contributed by atoms with van der Waals surface area (Å²) in [5.74, 6) is -1.95. The van der Waals surface area contributed by atoms with Crippen LogP contribution in [0, 0.1) is 5.92 Å². The normalized spacial score (nSPS) is 15.7. The van der Waals surface area contributed by atoms with Gasteiger partial charge in [0.25, 0.3) is 0 Å². The van der Waals surface area contributed by atoms with Crippen LogP contribution in [-0.4, -0.2) is 23.9 Å². The number of alkyl halides is 6. The molecule has 2 aromatic rings. The maximum Gasteiger partial charge on any atom is 0.422 e. The first-order chi connectivity index (χ1) is 13.9. The molecule has 1 saturated carbocycles. The van der Waals surface area contributed by atoms with E-state index in [0.29, 0.717) is 12.0 Å². The fraction of sp³-hybridized carbons (Fsp3) is 0.381. The molecule has 30 heavy (non-hydrogen) atoms. The molecule has 1 aliphatic carbocycles. The molecule has 0 spiro atoms. The molecular weight excluding hydrogens is 414 g/mol. The average Bonchev–Trinajstić information content (AvgIpc) is 3.47. The Hall–Kier alpha value is -2.71. The lowest BCUT2D eigenvalue weighted by molar-refractivity contribution is -0.153. The molecule has 3 nitrogen and oxygen atoms in total. The molecule has 2 aromatic carbocycles. The van der Waals surface area contributed by atoms with Crippen LogP contribution in [0.1, 0.15) is 36.3 Å². The highest BCUT2D eigenvalue weighted by atomic mass is 19.4. The highest BCUT2D eigenvalue weighted by Crippen LogP contribution is 2.41.